The van der Waals surface area contributed by atoms with Crippen molar-refractivity contribution in [2.75, 3.05) is 4.90 Å². The maximum atomic E-state index is 3.68. The van der Waals surface area contributed by atoms with Crippen LogP contribution in [0.2, 0.25) is 0 Å². The lowest BCUT2D eigenvalue weighted by molar-refractivity contribution is 1.27. The lowest BCUT2D eigenvalue weighted by Gasteiger charge is -2.26. The van der Waals surface area contributed by atoms with Crippen LogP contribution in [-0.4, -0.2) is 0 Å². The first kappa shape index (κ1) is 15.8. The summed E-state index contributed by atoms with van der Waals surface area (Å²) in [4.78, 5) is 2.23. The van der Waals surface area contributed by atoms with Gasteiger partial charge in [-0.2, -0.15) is 0 Å². The van der Waals surface area contributed by atoms with E-state index in [2.05, 4.69) is 107 Å². The Hall–Kier alpha value is -1.10. The van der Waals surface area contributed by atoms with Crippen LogP contribution in [0.1, 0.15) is 0 Å². The number of para-hydroxylation sites is 1. The van der Waals surface area contributed by atoms with E-state index in [-0.39, 0.29) is 0 Å². The third-order valence-electron chi connectivity index (χ3n) is 3.25. The molecule has 0 atom stereocenters. The Bertz CT molecular complexity index is 770. The Morgan fingerprint density at radius 3 is 1.82 bits per heavy atom. The van der Waals surface area contributed by atoms with Crippen LogP contribution in [0.25, 0.3) is 0 Å². The second-order valence-electron chi connectivity index (χ2n) is 4.74. The molecule has 0 unspecified atom stereocenters. The molecule has 0 bridgehead atoms. The van der Waals surface area contributed by atoms with Crippen LogP contribution >= 0.6 is 47.8 Å². The van der Waals surface area contributed by atoms with E-state index >= 15 is 0 Å². The molecule has 0 aromatic heterocycles. The minimum atomic E-state index is 1.04. The van der Waals surface area contributed by atoms with Crippen molar-refractivity contribution in [2.24, 2.45) is 0 Å². The van der Waals surface area contributed by atoms with Gasteiger partial charge in [-0.1, -0.05) is 50.1 Å². The summed E-state index contributed by atoms with van der Waals surface area (Å²) in [6, 6.07) is 24.9. The van der Waals surface area contributed by atoms with Gasteiger partial charge in [0.25, 0.3) is 0 Å². The van der Waals surface area contributed by atoms with E-state index in [0.29, 0.717) is 0 Å². The molecule has 22 heavy (non-hydrogen) atoms. The van der Waals surface area contributed by atoms with E-state index in [1.54, 1.807) is 0 Å². The van der Waals surface area contributed by atoms with Crippen molar-refractivity contribution >= 4 is 64.9 Å². The van der Waals surface area contributed by atoms with Gasteiger partial charge in [-0.25, -0.2) is 0 Å². The highest BCUT2D eigenvalue weighted by Crippen LogP contribution is 2.39. The predicted molar refractivity (Wildman–Crippen MR) is 104 cm³/mol. The quantitative estimate of drug-likeness (QED) is 0.375. The molecule has 0 spiro atoms. The summed E-state index contributed by atoms with van der Waals surface area (Å²) in [6.07, 6.45) is 0. The molecule has 0 heterocycles. The molecule has 3 rings (SSSR count). The van der Waals surface area contributed by atoms with Crippen LogP contribution in [0.4, 0.5) is 17.1 Å². The molecule has 0 saturated carbocycles. The van der Waals surface area contributed by atoms with Crippen LogP contribution in [0.5, 0.6) is 0 Å². The van der Waals surface area contributed by atoms with Crippen molar-refractivity contribution in [2.45, 2.75) is 0 Å². The van der Waals surface area contributed by atoms with Crippen molar-refractivity contribution in [3.05, 3.63) is 86.2 Å². The van der Waals surface area contributed by atoms with Gasteiger partial charge in [-0.05, 0) is 70.5 Å². The van der Waals surface area contributed by atoms with Gasteiger partial charge in [0.2, 0.25) is 0 Å². The van der Waals surface area contributed by atoms with Gasteiger partial charge in [0.1, 0.15) is 0 Å². The summed E-state index contributed by atoms with van der Waals surface area (Å²) < 4.78 is 3.15. The van der Waals surface area contributed by atoms with Crippen molar-refractivity contribution in [1.29, 1.82) is 0 Å². The van der Waals surface area contributed by atoms with Gasteiger partial charge in [0.15, 0.2) is 0 Å². The SMILES string of the molecule is Brc1ccc(N(c2ccccc2)c2ccc(Br)cc2Br)cc1. The molecule has 0 aliphatic heterocycles. The standard InChI is InChI=1S/C18H12Br3N/c19-13-6-9-16(10-7-13)22(15-4-2-1-3-5-15)18-11-8-14(20)12-17(18)21/h1-12H. The zero-order chi connectivity index (χ0) is 15.5. The fourth-order valence-corrected chi connectivity index (χ4v) is 3.75. The smallest absolute Gasteiger partial charge is 0.0604 e. The molecule has 0 radical (unpaired) electrons. The number of nitrogens with zero attached hydrogens (tertiary/aromatic N) is 1. The fraction of sp³-hybridized carbons (Fsp3) is 0. The van der Waals surface area contributed by atoms with E-state index < -0.39 is 0 Å². The van der Waals surface area contributed by atoms with Gasteiger partial charge in [0.05, 0.1) is 5.69 Å². The van der Waals surface area contributed by atoms with E-state index in [1.165, 1.54) is 0 Å². The molecule has 110 valence electrons. The number of halogens is 3. The normalized spacial score (nSPS) is 10.5. The molecule has 0 N–H and O–H groups in total. The van der Waals surface area contributed by atoms with Crippen molar-refractivity contribution < 1.29 is 0 Å². The minimum absolute atomic E-state index is 1.04. The maximum Gasteiger partial charge on any atom is 0.0604 e. The van der Waals surface area contributed by atoms with Gasteiger partial charge in [-0.15, -0.1) is 0 Å². The summed E-state index contributed by atoms with van der Waals surface area (Å²) in [7, 11) is 0. The third kappa shape index (κ3) is 3.45. The molecule has 0 aliphatic carbocycles. The second kappa shape index (κ2) is 6.99. The first-order valence-electron chi connectivity index (χ1n) is 6.71. The molecule has 3 aromatic rings. The number of benzene rings is 3. The van der Waals surface area contributed by atoms with Gasteiger partial charge < -0.3 is 4.90 Å². The highest BCUT2D eigenvalue weighted by molar-refractivity contribution is 9.11. The van der Waals surface area contributed by atoms with E-state index in [0.717, 1.165) is 30.5 Å². The van der Waals surface area contributed by atoms with E-state index in [9.17, 15) is 0 Å². The molecule has 4 heteroatoms. The lowest BCUT2D eigenvalue weighted by atomic mass is 10.2. The molecule has 0 aliphatic rings. The Morgan fingerprint density at radius 1 is 0.591 bits per heavy atom. The molecular weight excluding hydrogens is 470 g/mol. The van der Waals surface area contributed by atoms with Crippen LogP contribution in [0.3, 0.4) is 0 Å². The number of anilines is 3. The number of hydrogen-bond acceptors (Lipinski definition) is 1. The summed E-state index contributed by atoms with van der Waals surface area (Å²) in [5.41, 5.74) is 3.32. The monoisotopic (exact) mass is 479 g/mol. The average Bonchev–Trinajstić information content (AvgIpc) is 2.52. The first-order chi connectivity index (χ1) is 10.6. The van der Waals surface area contributed by atoms with Gasteiger partial charge in [0, 0.05) is 24.8 Å². The van der Waals surface area contributed by atoms with E-state index in [4.69, 9.17) is 0 Å². The Labute approximate surface area is 155 Å². The average molecular weight is 482 g/mol. The van der Waals surface area contributed by atoms with Crippen molar-refractivity contribution in [1.82, 2.24) is 0 Å². The summed E-state index contributed by atoms with van der Waals surface area (Å²) in [5, 5.41) is 0. The first-order valence-corrected chi connectivity index (χ1v) is 9.09. The largest absolute Gasteiger partial charge is 0.309 e. The minimum Gasteiger partial charge on any atom is -0.309 e. The van der Waals surface area contributed by atoms with Gasteiger partial charge in [-0.3, -0.25) is 0 Å². The molecular formula is C18H12Br3N. The Morgan fingerprint density at radius 2 is 1.18 bits per heavy atom. The zero-order valence-corrected chi connectivity index (χ0v) is 16.3. The molecule has 0 fully saturated rings. The molecule has 3 aromatic carbocycles. The molecule has 0 saturated heterocycles. The molecule has 1 nitrogen and oxygen atoms in total. The molecule has 0 amide bonds. The Balaban J connectivity index is 2.17. The Kier molecular flexibility index (Phi) is 5.01. The highest BCUT2D eigenvalue weighted by atomic mass is 79.9. The fourth-order valence-electron chi connectivity index (χ4n) is 2.26. The van der Waals surface area contributed by atoms with Crippen LogP contribution < -0.4 is 4.90 Å². The van der Waals surface area contributed by atoms with Crippen molar-refractivity contribution in [3.63, 3.8) is 0 Å². The maximum absolute atomic E-state index is 3.68. The topological polar surface area (TPSA) is 3.24 Å². The third-order valence-corrected chi connectivity index (χ3v) is 4.91. The zero-order valence-electron chi connectivity index (χ0n) is 11.5. The predicted octanol–water partition coefficient (Wildman–Crippen LogP) is 7.44. The van der Waals surface area contributed by atoms with Crippen LogP contribution in [-0.2, 0) is 0 Å². The van der Waals surface area contributed by atoms with Gasteiger partial charge >= 0.3 is 0 Å². The summed E-state index contributed by atoms with van der Waals surface area (Å²) >= 11 is 10.7. The number of rotatable bonds is 3. The van der Waals surface area contributed by atoms with Crippen molar-refractivity contribution in [3.8, 4) is 0 Å². The van der Waals surface area contributed by atoms with Crippen LogP contribution in [0.15, 0.2) is 86.2 Å². The summed E-state index contributed by atoms with van der Waals surface area (Å²) in [5.74, 6) is 0. The second-order valence-corrected chi connectivity index (χ2v) is 7.43. The summed E-state index contributed by atoms with van der Waals surface area (Å²) in [6.45, 7) is 0. The number of hydrogen-bond donors (Lipinski definition) is 0. The highest BCUT2D eigenvalue weighted by Gasteiger charge is 2.14. The lowest BCUT2D eigenvalue weighted by Crippen LogP contribution is -2.10. The van der Waals surface area contributed by atoms with Crippen LogP contribution in [0, 0.1) is 0 Å². The van der Waals surface area contributed by atoms with E-state index in [1.807, 2.05) is 18.2 Å².